The molecule has 0 N–H and O–H groups in total. The van der Waals surface area contributed by atoms with Crippen molar-refractivity contribution >= 4 is 27.3 Å². The van der Waals surface area contributed by atoms with Crippen molar-refractivity contribution in [3.8, 4) is 0 Å². The number of sulfone groups is 1. The number of hydrogen-bond donors (Lipinski definition) is 0. The van der Waals surface area contributed by atoms with Crippen molar-refractivity contribution in [3.63, 3.8) is 0 Å². The first-order valence-corrected chi connectivity index (χ1v) is 7.95. The van der Waals surface area contributed by atoms with Gasteiger partial charge in [-0.05, 0) is 24.6 Å². The zero-order chi connectivity index (χ0) is 13.3. The third-order valence-electron chi connectivity index (χ3n) is 3.11. The van der Waals surface area contributed by atoms with E-state index in [9.17, 15) is 13.2 Å². The predicted octanol–water partition coefficient (Wildman–Crippen LogP) is 1.60. The van der Waals surface area contributed by atoms with Gasteiger partial charge in [0, 0.05) is 29.9 Å². The lowest BCUT2D eigenvalue weighted by Crippen LogP contribution is -2.31. The first kappa shape index (κ1) is 13.4. The molecule has 1 aliphatic heterocycles. The number of likely N-dealkylation sites (tertiary alicyclic amines) is 1. The molecule has 0 aliphatic carbocycles. The molecule has 0 radical (unpaired) electrons. The van der Waals surface area contributed by atoms with Gasteiger partial charge in [0.15, 0.2) is 9.84 Å². The Hall–Kier alpha value is -1.07. The molecule has 1 saturated heterocycles. The molecule has 98 valence electrons. The summed E-state index contributed by atoms with van der Waals surface area (Å²) in [5.41, 5.74) is 0.497. The van der Waals surface area contributed by atoms with Crippen LogP contribution in [0.4, 0.5) is 0 Å². The zero-order valence-corrected chi connectivity index (χ0v) is 11.5. The molecule has 1 fully saturated rings. The minimum absolute atomic E-state index is 0.163. The van der Waals surface area contributed by atoms with Crippen LogP contribution in [0.3, 0.4) is 0 Å². The molecule has 1 amide bonds. The van der Waals surface area contributed by atoms with Gasteiger partial charge in [0.05, 0.1) is 5.25 Å². The number of amides is 1. The molecule has 4 nitrogen and oxygen atoms in total. The fourth-order valence-corrected chi connectivity index (χ4v) is 3.24. The lowest BCUT2D eigenvalue weighted by Gasteiger charge is -2.16. The van der Waals surface area contributed by atoms with E-state index in [2.05, 4.69) is 0 Å². The summed E-state index contributed by atoms with van der Waals surface area (Å²) in [5, 5.41) is 0.0559. The summed E-state index contributed by atoms with van der Waals surface area (Å²) in [6, 6.07) is 6.68. The van der Waals surface area contributed by atoms with Gasteiger partial charge in [-0.2, -0.15) is 0 Å². The maximum atomic E-state index is 12.1. The van der Waals surface area contributed by atoms with Crippen LogP contribution in [-0.2, 0) is 9.84 Å². The summed E-state index contributed by atoms with van der Waals surface area (Å²) in [4.78, 5) is 13.7. The highest BCUT2D eigenvalue weighted by molar-refractivity contribution is 7.91. The van der Waals surface area contributed by atoms with Crippen molar-refractivity contribution in [1.82, 2.24) is 4.90 Å². The van der Waals surface area contributed by atoms with E-state index >= 15 is 0 Å². The van der Waals surface area contributed by atoms with Crippen molar-refractivity contribution in [3.05, 3.63) is 34.9 Å². The van der Waals surface area contributed by atoms with Crippen LogP contribution >= 0.6 is 11.6 Å². The molecule has 0 aromatic heterocycles. The Morgan fingerprint density at radius 2 is 2.17 bits per heavy atom. The van der Waals surface area contributed by atoms with E-state index in [4.69, 9.17) is 11.6 Å². The van der Waals surface area contributed by atoms with Gasteiger partial charge < -0.3 is 4.90 Å². The number of benzene rings is 1. The highest BCUT2D eigenvalue weighted by Gasteiger charge is 2.32. The topological polar surface area (TPSA) is 54.5 Å². The van der Waals surface area contributed by atoms with E-state index in [0.29, 0.717) is 23.6 Å². The summed E-state index contributed by atoms with van der Waals surface area (Å²) < 4.78 is 22.9. The molecular formula is C12H14ClNO3S. The second-order valence-corrected chi connectivity index (χ2v) is 7.26. The quantitative estimate of drug-likeness (QED) is 0.830. The molecular weight excluding hydrogens is 274 g/mol. The monoisotopic (exact) mass is 287 g/mol. The standard InChI is InChI=1S/C12H14ClNO3S/c1-18(16,17)11-5-6-14(8-11)12(15)9-3-2-4-10(13)7-9/h2-4,7,11H,5-6,8H2,1H3/t11-/m1/s1. The average molecular weight is 288 g/mol. The lowest BCUT2D eigenvalue weighted by molar-refractivity contribution is 0.0793. The molecule has 1 atom stereocenters. The molecule has 1 aliphatic rings. The van der Waals surface area contributed by atoms with Crippen molar-refractivity contribution in [2.75, 3.05) is 19.3 Å². The average Bonchev–Trinajstić information content (AvgIpc) is 2.77. The molecule has 18 heavy (non-hydrogen) atoms. The SMILES string of the molecule is CS(=O)(=O)[C@@H]1CCN(C(=O)c2cccc(Cl)c2)C1. The van der Waals surface area contributed by atoms with E-state index in [1.54, 1.807) is 29.2 Å². The van der Waals surface area contributed by atoms with Gasteiger partial charge in [0.2, 0.25) is 0 Å². The third-order valence-corrected chi connectivity index (χ3v) is 4.94. The number of carbonyl (C=O) groups is 1. The number of halogens is 1. The molecule has 0 bridgehead atoms. The van der Waals surface area contributed by atoms with Gasteiger partial charge >= 0.3 is 0 Å². The molecule has 1 heterocycles. The Bertz CT molecular complexity index is 570. The van der Waals surface area contributed by atoms with Gasteiger partial charge in [-0.25, -0.2) is 8.42 Å². The summed E-state index contributed by atoms with van der Waals surface area (Å²) in [6.45, 7) is 0.743. The molecule has 1 aromatic carbocycles. The normalized spacial score (nSPS) is 20.1. The van der Waals surface area contributed by atoms with Gasteiger partial charge in [-0.15, -0.1) is 0 Å². The summed E-state index contributed by atoms with van der Waals surface area (Å²) in [7, 11) is -3.08. The number of nitrogens with zero attached hydrogens (tertiary/aromatic N) is 1. The zero-order valence-electron chi connectivity index (χ0n) is 9.97. The molecule has 2 rings (SSSR count). The fourth-order valence-electron chi connectivity index (χ4n) is 2.07. The maximum Gasteiger partial charge on any atom is 0.253 e. The van der Waals surface area contributed by atoms with Crippen LogP contribution in [0.25, 0.3) is 0 Å². The first-order chi connectivity index (χ1) is 8.38. The second-order valence-electron chi connectivity index (χ2n) is 4.50. The van der Waals surface area contributed by atoms with E-state index < -0.39 is 15.1 Å². The van der Waals surface area contributed by atoms with Crippen LogP contribution in [0.1, 0.15) is 16.8 Å². The Kier molecular flexibility index (Phi) is 3.64. The van der Waals surface area contributed by atoms with Gasteiger partial charge in [-0.3, -0.25) is 4.79 Å². The second kappa shape index (κ2) is 4.90. The van der Waals surface area contributed by atoms with Gasteiger partial charge in [-0.1, -0.05) is 17.7 Å². The number of rotatable bonds is 2. The molecule has 1 aromatic rings. The maximum absolute atomic E-state index is 12.1. The van der Waals surface area contributed by atoms with Crippen LogP contribution in [-0.4, -0.2) is 43.8 Å². The summed E-state index contributed by atoms with van der Waals surface area (Å²) in [5.74, 6) is -0.163. The Labute approximate surface area is 111 Å². The van der Waals surface area contributed by atoms with Crippen LogP contribution in [0.15, 0.2) is 24.3 Å². The minimum atomic E-state index is -3.08. The smallest absolute Gasteiger partial charge is 0.253 e. The Morgan fingerprint density at radius 3 is 2.72 bits per heavy atom. The van der Waals surface area contributed by atoms with Crippen molar-refractivity contribution < 1.29 is 13.2 Å². The summed E-state index contributed by atoms with van der Waals surface area (Å²) in [6.07, 6.45) is 1.72. The largest absolute Gasteiger partial charge is 0.337 e. The third kappa shape index (κ3) is 2.84. The van der Waals surface area contributed by atoms with Crippen LogP contribution < -0.4 is 0 Å². The number of carbonyl (C=O) groups excluding carboxylic acids is 1. The fraction of sp³-hybridized carbons (Fsp3) is 0.417. The van der Waals surface area contributed by atoms with E-state index in [-0.39, 0.29) is 12.5 Å². The molecule has 0 saturated carbocycles. The Morgan fingerprint density at radius 1 is 1.44 bits per heavy atom. The van der Waals surface area contributed by atoms with E-state index in [1.165, 1.54) is 6.26 Å². The first-order valence-electron chi connectivity index (χ1n) is 5.61. The van der Waals surface area contributed by atoms with Crippen molar-refractivity contribution in [2.24, 2.45) is 0 Å². The highest BCUT2D eigenvalue weighted by Crippen LogP contribution is 2.20. The van der Waals surface area contributed by atoms with Crippen molar-refractivity contribution in [1.29, 1.82) is 0 Å². The summed E-state index contributed by atoms with van der Waals surface area (Å²) >= 11 is 5.83. The lowest BCUT2D eigenvalue weighted by atomic mass is 10.2. The number of hydrogen-bond acceptors (Lipinski definition) is 3. The van der Waals surface area contributed by atoms with Gasteiger partial charge in [0.1, 0.15) is 0 Å². The highest BCUT2D eigenvalue weighted by atomic mass is 35.5. The van der Waals surface area contributed by atoms with Crippen molar-refractivity contribution in [2.45, 2.75) is 11.7 Å². The molecule has 0 unspecified atom stereocenters. The van der Waals surface area contributed by atoms with E-state index in [1.807, 2.05) is 0 Å². The van der Waals surface area contributed by atoms with Gasteiger partial charge in [0.25, 0.3) is 5.91 Å². The predicted molar refractivity (Wildman–Crippen MR) is 70.6 cm³/mol. The van der Waals surface area contributed by atoms with Crippen LogP contribution in [0.2, 0.25) is 5.02 Å². The Balaban J connectivity index is 2.13. The van der Waals surface area contributed by atoms with Crippen LogP contribution in [0.5, 0.6) is 0 Å². The minimum Gasteiger partial charge on any atom is -0.337 e. The van der Waals surface area contributed by atoms with Crippen LogP contribution in [0, 0.1) is 0 Å². The molecule has 6 heteroatoms. The van der Waals surface area contributed by atoms with E-state index in [0.717, 1.165) is 0 Å². The molecule has 0 spiro atoms.